The maximum absolute atomic E-state index is 12.8. The van der Waals surface area contributed by atoms with Crippen LogP contribution in [0.5, 0.6) is 0 Å². The van der Waals surface area contributed by atoms with Crippen LogP contribution in [0.3, 0.4) is 0 Å². The van der Waals surface area contributed by atoms with Crippen LogP contribution in [0.2, 0.25) is 0 Å². The van der Waals surface area contributed by atoms with Gasteiger partial charge in [0, 0.05) is 18.0 Å². The van der Waals surface area contributed by atoms with Gasteiger partial charge in [0.05, 0.1) is 5.39 Å². The van der Waals surface area contributed by atoms with Crippen LogP contribution in [-0.2, 0) is 6.54 Å². The zero-order valence-electron chi connectivity index (χ0n) is 15.0. The number of fused-ring (bicyclic) bond motifs is 1. The highest BCUT2D eigenvalue weighted by atomic mass is 16.2. The Kier molecular flexibility index (Phi) is 5.84. The number of benzene rings is 1. The molecule has 1 N–H and O–H groups in total. The fourth-order valence-corrected chi connectivity index (χ4v) is 3.57. The van der Waals surface area contributed by atoms with E-state index in [2.05, 4.69) is 17.3 Å². The van der Waals surface area contributed by atoms with Gasteiger partial charge in [0.2, 0.25) is 0 Å². The Morgan fingerprint density at radius 1 is 1.16 bits per heavy atom. The molecule has 1 amide bonds. The van der Waals surface area contributed by atoms with Gasteiger partial charge >= 0.3 is 0 Å². The van der Waals surface area contributed by atoms with E-state index in [9.17, 15) is 9.59 Å². The molecule has 25 heavy (non-hydrogen) atoms. The Labute approximate surface area is 148 Å². The quantitative estimate of drug-likeness (QED) is 0.816. The zero-order valence-corrected chi connectivity index (χ0v) is 15.0. The summed E-state index contributed by atoms with van der Waals surface area (Å²) in [6, 6.07) is 7.51. The minimum Gasteiger partial charge on any atom is -0.348 e. The Morgan fingerprint density at radius 3 is 2.60 bits per heavy atom. The largest absolute Gasteiger partial charge is 0.348 e. The SMILES string of the molecule is CCCCCn1nc(C(=O)NC2CCCCC2)c2ccccc2c1=O. The molecule has 0 bridgehead atoms. The van der Waals surface area contributed by atoms with Gasteiger partial charge in [-0.3, -0.25) is 9.59 Å². The maximum atomic E-state index is 12.8. The Bertz CT molecular complexity index is 791. The Morgan fingerprint density at radius 2 is 1.88 bits per heavy atom. The fourth-order valence-electron chi connectivity index (χ4n) is 3.57. The van der Waals surface area contributed by atoms with E-state index < -0.39 is 0 Å². The summed E-state index contributed by atoms with van der Waals surface area (Å²) in [6.07, 6.45) is 8.65. The lowest BCUT2D eigenvalue weighted by Crippen LogP contribution is -2.38. The Balaban J connectivity index is 1.93. The van der Waals surface area contributed by atoms with Crippen molar-refractivity contribution >= 4 is 16.7 Å². The number of unbranched alkanes of at least 4 members (excludes halogenated alkanes) is 2. The monoisotopic (exact) mass is 341 g/mol. The molecule has 1 heterocycles. The summed E-state index contributed by atoms with van der Waals surface area (Å²) >= 11 is 0. The first-order valence-corrected chi connectivity index (χ1v) is 9.51. The summed E-state index contributed by atoms with van der Waals surface area (Å²) in [7, 11) is 0. The molecule has 0 unspecified atom stereocenters. The summed E-state index contributed by atoms with van der Waals surface area (Å²) in [5.74, 6) is -0.160. The van der Waals surface area contributed by atoms with Crippen LogP contribution in [0.25, 0.3) is 10.8 Å². The van der Waals surface area contributed by atoms with Crippen molar-refractivity contribution < 1.29 is 4.79 Å². The molecule has 2 aromatic rings. The smallest absolute Gasteiger partial charge is 0.274 e. The third kappa shape index (κ3) is 4.09. The summed E-state index contributed by atoms with van der Waals surface area (Å²) in [5.41, 5.74) is 0.262. The van der Waals surface area contributed by atoms with Gasteiger partial charge in [-0.15, -0.1) is 0 Å². The molecule has 1 fully saturated rings. The number of amides is 1. The van der Waals surface area contributed by atoms with Crippen molar-refractivity contribution in [2.45, 2.75) is 70.9 Å². The normalized spacial score (nSPS) is 15.4. The van der Waals surface area contributed by atoms with Crippen LogP contribution in [0.15, 0.2) is 29.1 Å². The maximum Gasteiger partial charge on any atom is 0.274 e. The molecule has 1 aliphatic carbocycles. The second kappa shape index (κ2) is 8.28. The minimum atomic E-state index is -0.160. The molecule has 1 aliphatic rings. The van der Waals surface area contributed by atoms with Crippen LogP contribution < -0.4 is 10.9 Å². The van der Waals surface area contributed by atoms with Gasteiger partial charge in [0.1, 0.15) is 0 Å². The van der Waals surface area contributed by atoms with E-state index in [4.69, 9.17) is 0 Å². The van der Waals surface area contributed by atoms with Gasteiger partial charge in [-0.25, -0.2) is 4.68 Å². The van der Waals surface area contributed by atoms with Gasteiger partial charge in [-0.05, 0) is 25.3 Å². The number of rotatable bonds is 6. The zero-order chi connectivity index (χ0) is 17.6. The summed E-state index contributed by atoms with van der Waals surface area (Å²) < 4.78 is 1.47. The van der Waals surface area contributed by atoms with E-state index in [0.717, 1.165) is 44.9 Å². The van der Waals surface area contributed by atoms with Crippen molar-refractivity contribution in [2.24, 2.45) is 0 Å². The first-order chi connectivity index (χ1) is 12.2. The molecule has 0 atom stereocenters. The van der Waals surface area contributed by atoms with Crippen LogP contribution in [-0.4, -0.2) is 21.7 Å². The minimum absolute atomic E-state index is 0.110. The molecular formula is C20H27N3O2. The summed E-state index contributed by atoms with van der Waals surface area (Å²) in [4.78, 5) is 25.5. The average molecular weight is 341 g/mol. The number of nitrogens with zero attached hydrogens (tertiary/aromatic N) is 2. The van der Waals surface area contributed by atoms with E-state index in [-0.39, 0.29) is 17.5 Å². The van der Waals surface area contributed by atoms with E-state index in [1.165, 1.54) is 11.1 Å². The second-order valence-electron chi connectivity index (χ2n) is 6.94. The van der Waals surface area contributed by atoms with E-state index in [0.29, 0.717) is 23.0 Å². The number of carbonyl (C=O) groups is 1. The van der Waals surface area contributed by atoms with Crippen molar-refractivity contribution in [3.63, 3.8) is 0 Å². The first-order valence-electron chi connectivity index (χ1n) is 9.51. The number of carbonyl (C=O) groups excluding carboxylic acids is 1. The van der Waals surface area contributed by atoms with Crippen molar-refractivity contribution in [1.29, 1.82) is 0 Å². The van der Waals surface area contributed by atoms with Crippen LogP contribution >= 0.6 is 0 Å². The second-order valence-corrected chi connectivity index (χ2v) is 6.94. The van der Waals surface area contributed by atoms with Gasteiger partial charge in [-0.2, -0.15) is 5.10 Å². The lowest BCUT2D eigenvalue weighted by Gasteiger charge is -2.23. The molecule has 1 saturated carbocycles. The highest BCUT2D eigenvalue weighted by molar-refractivity contribution is 6.04. The molecule has 0 aliphatic heterocycles. The first kappa shape index (κ1) is 17.6. The molecule has 134 valence electrons. The third-order valence-corrected chi connectivity index (χ3v) is 5.00. The number of hydrogen-bond acceptors (Lipinski definition) is 3. The number of aromatic nitrogens is 2. The topological polar surface area (TPSA) is 64.0 Å². The molecule has 1 aromatic heterocycles. The van der Waals surface area contributed by atoms with Gasteiger partial charge < -0.3 is 5.32 Å². The van der Waals surface area contributed by atoms with Gasteiger partial charge in [0.25, 0.3) is 11.5 Å². The van der Waals surface area contributed by atoms with E-state index in [1.807, 2.05) is 18.2 Å². The van der Waals surface area contributed by atoms with Crippen LogP contribution in [0.4, 0.5) is 0 Å². The fraction of sp³-hybridized carbons (Fsp3) is 0.550. The molecular weight excluding hydrogens is 314 g/mol. The number of hydrogen-bond donors (Lipinski definition) is 1. The van der Waals surface area contributed by atoms with Gasteiger partial charge in [-0.1, -0.05) is 57.2 Å². The van der Waals surface area contributed by atoms with Crippen molar-refractivity contribution in [3.05, 3.63) is 40.3 Å². The molecule has 5 nitrogen and oxygen atoms in total. The molecule has 1 aromatic carbocycles. The number of nitrogens with one attached hydrogen (secondary N) is 1. The van der Waals surface area contributed by atoms with E-state index >= 15 is 0 Å². The standard InChI is InChI=1S/C20H27N3O2/c1-2-3-9-14-23-20(25)17-13-8-7-12-16(17)18(22-23)19(24)21-15-10-5-4-6-11-15/h7-8,12-13,15H,2-6,9-11,14H2,1H3,(H,21,24). The summed E-state index contributed by atoms with van der Waals surface area (Å²) in [6.45, 7) is 2.68. The highest BCUT2D eigenvalue weighted by Crippen LogP contribution is 2.19. The predicted octanol–water partition coefficient (Wildman–Crippen LogP) is 3.65. The van der Waals surface area contributed by atoms with Crippen LogP contribution in [0, 0.1) is 0 Å². The van der Waals surface area contributed by atoms with Gasteiger partial charge in [0.15, 0.2) is 5.69 Å². The molecule has 0 saturated heterocycles. The molecule has 5 heteroatoms. The van der Waals surface area contributed by atoms with Crippen molar-refractivity contribution in [3.8, 4) is 0 Å². The lowest BCUT2D eigenvalue weighted by molar-refractivity contribution is 0.0922. The van der Waals surface area contributed by atoms with Crippen LogP contribution in [0.1, 0.15) is 68.8 Å². The third-order valence-electron chi connectivity index (χ3n) is 5.00. The highest BCUT2D eigenvalue weighted by Gasteiger charge is 2.21. The van der Waals surface area contributed by atoms with E-state index in [1.54, 1.807) is 6.07 Å². The van der Waals surface area contributed by atoms with Crippen molar-refractivity contribution in [1.82, 2.24) is 15.1 Å². The summed E-state index contributed by atoms with van der Waals surface area (Å²) in [5, 5.41) is 8.77. The molecule has 0 spiro atoms. The number of aryl methyl sites for hydroxylation is 1. The average Bonchev–Trinajstić information content (AvgIpc) is 2.64. The molecule has 0 radical (unpaired) electrons. The predicted molar refractivity (Wildman–Crippen MR) is 99.9 cm³/mol. The Hall–Kier alpha value is -2.17. The lowest BCUT2D eigenvalue weighted by atomic mass is 9.95. The van der Waals surface area contributed by atoms with Crippen molar-refractivity contribution in [2.75, 3.05) is 0 Å². The molecule has 3 rings (SSSR count).